The van der Waals surface area contributed by atoms with Gasteiger partial charge in [-0.2, -0.15) is 0 Å². The van der Waals surface area contributed by atoms with E-state index in [-0.39, 0.29) is 29.4 Å². The molecular weight excluding hydrogens is 294 g/mol. The molecule has 6 heteroatoms. The number of fused-ring (bicyclic) bond motifs is 1. The van der Waals surface area contributed by atoms with Gasteiger partial charge in [0.1, 0.15) is 0 Å². The highest BCUT2D eigenvalue weighted by atomic mass is 32.2. The van der Waals surface area contributed by atoms with Crippen LogP contribution in [-0.4, -0.2) is 37.3 Å². The number of amides is 1. The van der Waals surface area contributed by atoms with Crippen LogP contribution in [0.25, 0.3) is 0 Å². The zero-order valence-electron chi connectivity index (χ0n) is 11.5. The molecule has 2 atom stereocenters. The van der Waals surface area contributed by atoms with E-state index in [4.69, 9.17) is 0 Å². The molecule has 0 saturated carbocycles. The van der Waals surface area contributed by atoms with E-state index < -0.39 is 9.84 Å². The zero-order valence-corrected chi connectivity index (χ0v) is 13.2. The fraction of sp³-hybridized carbons (Fsp3) is 0.643. The molecule has 1 fully saturated rings. The highest BCUT2D eigenvalue weighted by Crippen LogP contribution is 2.36. The third-order valence-corrected chi connectivity index (χ3v) is 7.11. The standard InChI is InChI=1S/C14H19NO3S2/c1-2-12-11-4-7-19-13(11)3-6-15(12)14(16)10-5-8-20(17,18)9-10/h4,7,10,12H,2-3,5-6,8-9H2,1H3/t10-,12-/m1/s1. The van der Waals surface area contributed by atoms with E-state index in [0.29, 0.717) is 6.42 Å². The summed E-state index contributed by atoms with van der Waals surface area (Å²) in [5.41, 5.74) is 1.26. The summed E-state index contributed by atoms with van der Waals surface area (Å²) in [6, 6.07) is 2.24. The quantitative estimate of drug-likeness (QED) is 0.839. The molecule has 0 aromatic carbocycles. The van der Waals surface area contributed by atoms with E-state index in [1.165, 1.54) is 10.4 Å². The van der Waals surface area contributed by atoms with Crippen LogP contribution in [0.4, 0.5) is 0 Å². The SMILES string of the molecule is CC[C@@H]1c2ccsc2CCN1C(=O)[C@@H]1CCS(=O)(=O)C1. The van der Waals surface area contributed by atoms with Crippen LogP contribution in [0.3, 0.4) is 0 Å². The number of sulfone groups is 1. The van der Waals surface area contributed by atoms with Gasteiger partial charge in [0.25, 0.3) is 0 Å². The summed E-state index contributed by atoms with van der Waals surface area (Å²) in [6.45, 7) is 2.81. The van der Waals surface area contributed by atoms with E-state index in [9.17, 15) is 13.2 Å². The second-order valence-electron chi connectivity index (χ2n) is 5.60. The molecule has 0 radical (unpaired) electrons. The predicted octanol–water partition coefficient (Wildman–Crippen LogP) is 2.02. The van der Waals surface area contributed by atoms with E-state index >= 15 is 0 Å². The molecule has 0 N–H and O–H groups in total. The molecule has 20 heavy (non-hydrogen) atoms. The molecule has 2 aliphatic rings. The van der Waals surface area contributed by atoms with Crippen molar-refractivity contribution in [1.29, 1.82) is 0 Å². The van der Waals surface area contributed by atoms with Crippen LogP contribution in [0.2, 0.25) is 0 Å². The van der Waals surface area contributed by atoms with E-state index in [0.717, 1.165) is 19.4 Å². The Morgan fingerprint density at radius 3 is 2.95 bits per heavy atom. The number of hydrogen-bond acceptors (Lipinski definition) is 4. The molecule has 0 unspecified atom stereocenters. The normalized spacial score (nSPS) is 28.4. The first-order chi connectivity index (χ1) is 9.52. The molecule has 1 saturated heterocycles. The van der Waals surface area contributed by atoms with E-state index in [1.54, 1.807) is 11.3 Å². The van der Waals surface area contributed by atoms with Crippen molar-refractivity contribution in [1.82, 2.24) is 4.90 Å². The lowest BCUT2D eigenvalue weighted by Crippen LogP contribution is -2.42. The fourth-order valence-electron chi connectivity index (χ4n) is 3.32. The van der Waals surface area contributed by atoms with Gasteiger partial charge in [0.15, 0.2) is 9.84 Å². The van der Waals surface area contributed by atoms with Gasteiger partial charge in [0.05, 0.1) is 23.5 Å². The fourth-order valence-corrected chi connectivity index (χ4v) is 5.99. The average molecular weight is 313 g/mol. The maximum Gasteiger partial charge on any atom is 0.227 e. The van der Waals surface area contributed by atoms with Gasteiger partial charge in [-0.25, -0.2) is 8.42 Å². The molecule has 1 aromatic heterocycles. The Hall–Kier alpha value is -0.880. The molecule has 0 spiro atoms. The van der Waals surface area contributed by atoms with Gasteiger partial charge in [0.2, 0.25) is 5.91 Å². The highest BCUT2D eigenvalue weighted by molar-refractivity contribution is 7.91. The van der Waals surface area contributed by atoms with Gasteiger partial charge in [-0.1, -0.05) is 6.92 Å². The Kier molecular flexibility index (Phi) is 3.62. The first kappa shape index (κ1) is 14.1. The van der Waals surface area contributed by atoms with E-state index in [1.807, 2.05) is 4.90 Å². The molecule has 3 heterocycles. The largest absolute Gasteiger partial charge is 0.335 e. The summed E-state index contributed by atoms with van der Waals surface area (Å²) in [5, 5.41) is 2.08. The third-order valence-electron chi connectivity index (χ3n) is 4.35. The minimum Gasteiger partial charge on any atom is -0.335 e. The summed E-state index contributed by atoms with van der Waals surface area (Å²) in [5.74, 6) is -0.0866. The monoisotopic (exact) mass is 313 g/mol. The van der Waals surface area contributed by atoms with Crippen molar-refractivity contribution < 1.29 is 13.2 Å². The smallest absolute Gasteiger partial charge is 0.227 e. The molecule has 110 valence electrons. The van der Waals surface area contributed by atoms with Gasteiger partial charge in [-0.3, -0.25) is 4.79 Å². The minimum absolute atomic E-state index is 0.0368. The summed E-state index contributed by atoms with van der Waals surface area (Å²) in [7, 11) is -3.00. The number of nitrogens with zero attached hydrogens (tertiary/aromatic N) is 1. The van der Waals surface area contributed by atoms with Crippen molar-refractivity contribution in [3.8, 4) is 0 Å². The number of rotatable bonds is 2. The van der Waals surface area contributed by atoms with Gasteiger partial charge in [-0.05, 0) is 36.3 Å². The number of thiophene rings is 1. The van der Waals surface area contributed by atoms with Crippen LogP contribution in [0.15, 0.2) is 11.4 Å². The molecule has 1 amide bonds. The lowest BCUT2D eigenvalue weighted by molar-refractivity contribution is -0.137. The highest BCUT2D eigenvalue weighted by Gasteiger charge is 2.39. The van der Waals surface area contributed by atoms with Crippen molar-refractivity contribution in [2.24, 2.45) is 5.92 Å². The van der Waals surface area contributed by atoms with Crippen molar-refractivity contribution in [2.45, 2.75) is 32.2 Å². The molecule has 4 nitrogen and oxygen atoms in total. The van der Waals surface area contributed by atoms with E-state index in [2.05, 4.69) is 18.4 Å². The average Bonchev–Trinajstić information content (AvgIpc) is 3.02. The summed E-state index contributed by atoms with van der Waals surface area (Å²) < 4.78 is 23.1. The second kappa shape index (κ2) is 5.15. The topological polar surface area (TPSA) is 54.5 Å². The number of hydrogen-bond donors (Lipinski definition) is 0. The lowest BCUT2D eigenvalue weighted by atomic mass is 9.95. The molecule has 1 aromatic rings. The molecular formula is C14H19NO3S2. The van der Waals surface area contributed by atoms with Gasteiger partial charge in [-0.15, -0.1) is 11.3 Å². The Morgan fingerprint density at radius 1 is 1.50 bits per heavy atom. The minimum atomic E-state index is -3.00. The van der Waals surface area contributed by atoms with Crippen molar-refractivity contribution in [3.63, 3.8) is 0 Å². The maximum absolute atomic E-state index is 12.7. The summed E-state index contributed by atoms with van der Waals surface area (Å²) in [4.78, 5) is 15.9. The van der Waals surface area contributed by atoms with Crippen LogP contribution in [0, 0.1) is 5.92 Å². The Labute approximate surface area is 123 Å². The molecule has 0 aliphatic carbocycles. The van der Waals surface area contributed by atoms with Crippen molar-refractivity contribution >= 4 is 27.1 Å². The maximum atomic E-state index is 12.7. The van der Waals surface area contributed by atoms with Crippen molar-refractivity contribution in [2.75, 3.05) is 18.1 Å². The summed E-state index contributed by atoms with van der Waals surface area (Å²) in [6.07, 6.45) is 2.27. The Balaban J connectivity index is 1.82. The van der Waals surface area contributed by atoms with Crippen LogP contribution in [0.5, 0.6) is 0 Å². The number of carbonyl (C=O) groups is 1. The lowest BCUT2D eigenvalue weighted by Gasteiger charge is -2.36. The summed E-state index contributed by atoms with van der Waals surface area (Å²) >= 11 is 1.76. The number of carbonyl (C=O) groups excluding carboxylic acids is 1. The molecule has 3 rings (SSSR count). The third kappa shape index (κ3) is 2.39. The van der Waals surface area contributed by atoms with Gasteiger partial charge >= 0.3 is 0 Å². The molecule has 0 bridgehead atoms. The predicted molar refractivity (Wildman–Crippen MR) is 79.5 cm³/mol. The van der Waals surface area contributed by atoms with Crippen LogP contribution < -0.4 is 0 Å². The van der Waals surface area contributed by atoms with Crippen molar-refractivity contribution in [3.05, 3.63) is 21.9 Å². The molecule has 2 aliphatic heterocycles. The van der Waals surface area contributed by atoms with Crippen LogP contribution in [-0.2, 0) is 21.1 Å². The van der Waals surface area contributed by atoms with Gasteiger partial charge < -0.3 is 4.90 Å². The first-order valence-electron chi connectivity index (χ1n) is 7.09. The Morgan fingerprint density at radius 2 is 2.30 bits per heavy atom. The zero-order chi connectivity index (χ0) is 14.3. The van der Waals surface area contributed by atoms with Crippen LogP contribution >= 0.6 is 11.3 Å². The van der Waals surface area contributed by atoms with Gasteiger partial charge in [0, 0.05) is 11.4 Å². The first-order valence-corrected chi connectivity index (χ1v) is 9.79. The Bertz CT molecular complexity index is 620. The van der Waals surface area contributed by atoms with Crippen LogP contribution in [0.1, 0.15) is 36.2 Å². The second-order valence-corrected chi connectivity index (χ2v) is 8.83.